The summed E-state index contributed by atoms with van der Waals surface area (Å²) in [5.74, 6) is -0.305. The molecule has 0 bridgehead atoms. The Balaban J connectivity index is 1.92. The van der Waals surface area contributed by atoms with Crippen LogP contribution in [0.15, 0.2) is 36.5 Å². The molecule has 118 valence electrons. The maximum absolute atomic E-state index is 11.5. The minimum Gasteiger partial charge on any atom is -0.466 e. The molecular formula is C16H13Cl2N3O2. The fraction of sp³-hybridized carbons (Fsp3) is 0.188. The number of rotatable bonds is 4. The topological polar surface area (TPSA) is 56.5 Å². The molecule has 0 aliphatic carbocycles. The van der Waals surface area contributed by atoms with Gasteiger partial charge in [0, 0.05) is 5.56 Å². The largest absolute Gasteiger partial charge is 0.466 e. The highest BCUT2D eigenvalue weighted by Crippen LogP contribution is 2.27. The second kappa shape index (κ2) is 6.56. The van der Waals surface area contributed by atoms with E-state index in [1.54, 1.807) is 29.8 Å². The number of halogens is 2. The summed E-state index contributed by atoms with van der Waals surface area (Å²) in [7, 11) is 0. The van der Waals surface area contributed by atoms with E-state index in [2.05, 4.69) is 10.1 Å². The van der Waals surface area contributed by atoms with Crippen LogP contribution < -0.4 is 0 Å². The van der Waals surface area contributed by atoms with E-state index in [-0.39, 0.29) is 12.4 Å². The highest BCUT2D eigenvalue weighted by Gasteiger charge is 2.10. The molecule has 0 saturated heterocycles. The number of imidazole rings is 1. The zero-order valence-corrected chi connectivity index (χ0v) is 13.8. The van der Waals surface area contributed by atoms with Crippen molar-refractivity contribution in [1.82, 2.24) is 14.6 Å². The van der Waals surface area contributed by atoms with Gasteiger partial charge in [-0.15, -0.1) is 0 Å². The Labute approximate surface area is 142 Å². The van der Waals surface area contributed by atoms with Gasteiger partial charge in [0.1, 0.15) is 0 Å². The van der Waals surface area contributed by atoms with E-state index >= 15 is 0 Å². The molecule has 0 unspecified atom stereocenters. The fourth-order valence-electron chi connectivity index (χ4n) is 2.19. The van der Waals surface area contributed by atoms with Gasteiger partial charge in [0.05, 0.1) is 40.7 Å². The zero-order chi connectivity index (χ0) is 16.4. The molecule has 0 amide bonds. The molecule has 7 heteroatoms. The number of esters is 1. The molecule has 0 atom stereocenters. The smallest absolute Gasteiger partial charge is 0.311 e. The summed E-state index contributed by atoms with van der Waals surface area (Å²) in [6, 6.07) is 9.01. The number of hydrogen-bond acceptors (Lipinski definition) is 4. The van der Waals surface area contributed by atoms with Crippen LogP contribution in [0.25, 0.3) is 16.9 Å². The molecule has 2 heterocycles. The predicted octanol–water partition coefficient (Wildman–Crippen LogP) is 3.81. The first-order valence-electron chi connectivity index (χ1n) is 7.03. The number of aromatic nitrogens is 3. The van der Waals surface area contributed by atoms with E-state index in [1.165, 1.54) is 0 Å². The van der Waals surface area contributed by atoms with Crippen LogP contribution in [0.3, 0.4) is 0 Å². The number of hydrogen-bond donors (Lipinski definition) is 0. The normalized spacial score (nSPS) is 10.9. The molecule has 1 aromatic carbocycles. The molecule has 0 N–H and O–H groups in total. The Morgan fingerprint density at radius 2 is 2.04 bits per heavy atom. The van der Waals surface area contributed by atoms with E-state index in [4.69, 9.17) is 27.9 Å². The van der Waals surface area contributed by atoms with Crippen LogP contribution in [0.4, 0.5) is 0 Å². The summed E-state index contributed by atoms with van der Waals surface area (Å²) < 4.78 is 6.55. The molecule has 23 heavy (non-hydrogen) atoms. The first-order chi connectivity index (χ1) is 11.1. The van der Waals surface area contributed by atoms with Crippen molar-refractivity contribution in [3.05, 3.63) is 52.3 Å². The average Bonchev–Trinajstić information content (AvgIpc) is 2.91. The number of ether oxygens (including phenoxy) is 1. The lowest BCUT2D eigenvalue weighted by Gasteiger charge is -2.03. The number of nitrogens with zero attached hydrogens (tertiary/aromatic N) is 3. The predicted molar refractivity (Wildman–Crippen MR) is 88.8 cm³/mol. The van der Waals surface area contributed by atoms with Crippen molar-refractivity contribution in [3.8, 4) is 11.3 Å². The summed E-state index contributed by atoms with van der Waals surface area (Å²) in [4.78, 5) is 15.9. The van der Waals surface area contributed by atoms with Gasteiger partial charge in [-0.05, 0) is 31.2 Å². The van der Waals surface area contributed by atoms with Crippen LogP contribution in [0, 0.1) is 0 Å². The molecule has 0 radical (unpaired) electrons. The Kier molecular flexibility index (Phi) is 4.50. The van der Waals surface area contributed by atoms with Gasteiger partial charge in [0.25, 0.3) is 0 Å². The number of carbonyl (C=O) groups is 1. The van der Waals surface area contributed by atoms with E-state index in [0.29, 0.717) is 28.0 Å². The SMILES string of the molecule is CCOC(=O)Cc1cn2nc(-c3ccc(Cl)c(Cl)c3)ccc2n1. The van der Waals surface area contributed by atoms with Crippen LogP contribution in [0.5, 0.6) is 0 Å². The van der Waals surface area contributed by atoms with Gasteiger partial charge in [-0.25, -0.2) is 9.50 Å². The molecule has 3 aromatic rings. The lowest BCUT2D eigenvalue weighted by atomic mass is 10.1. The van der Waals surface area contributed by atoms with Gasteiger partial charge >= 0.3 is 5.97 Å². The lowest BCUT2D eigenvalue weighted by molar-refractivity contribution is -0.142. The van der Waals surface area contributed by atoms with Crippen LogP contribution in [0.2, 0.25) is 10.0 Å². The molecule has 3 rings (SSSR count). The maximum Gasteiger partial charge on any atom is 0.311 e. The van der Waals surface area contributed by atoms with Crippen molar-refractivity contribution >= 4 is 34.8 Å². The van der Waals surface area contributed by atoms with Gasteiger partial charge in [0.2, 0.25) is 0 Å². The monoisotopic (exact) mass is 349 g/mol. The van der Waals surface area contributed by atoms with Gasteiger partial charge < -0.3 is 4.74 Å². The molecule has 5 nitrogen and oxygen atoms in total. The van der Waals surface area contributed by atoms with E-state index < -0.39 is 0 Å². The molecule has 0 spiro atoms. The van der Waals surface area contributed by atoms with Crippen molar-refractivity contribution in [2.24, 2.45) is 0 Å². The summed E-state index contributed by atoms with van der Waals surface area (Å²) in [5, 5.41) is 5.46. The van der Waals surface area contributed by atoms with Crippen LogP contribution >= 0.6 is 23.2 Å². The number of benzene rings is 1. The number of fused-ring (bicyclic) bond motifs is 1. The second-order valence-electron chi connectivity index (χ2n) is 4.86. The first-order valence-corrected chi connectivity index (χ1v) is 7.79. The minimum absolute atomic E-state index is 0.124. The summed E-state index contributed by atoms with van der Waals surface area (Å²) in [6.45, 7) is 2.12. The highest BCUT2D eigenvalue weighted by atomic mass is 35.5. The number of carbonyl (C=O) groups excluding carboxylic acids is 1. The molecule has 2 aromatic heterocycles. The van der Waals surface area contributed by atoms with Crippen LogP contribution in [-0.2, 0) is 16.0 Å². The van der Waals surface area contributed by atoms with Crippen molar-refractivity contribution in [1.29, 1.82) is 0 Å². The van der Waals surface area contributed by atoms with E-state index in [9.17, 15) is 4.79 Å². The van der Waals surface area contributed by atoms with Gasteiger partial charge in [0.15, 0.2) is 5.65 Å². The summed E-state index contributed by atoms with van der Waals surface area (Å²) in [5.41, 5.74) is 2.86. The third-order valence-corrected chi connectivity index (χ3v) is 3.96. The highest BCUT2D eigenvalue weighted by molar-refractivity contribution is 6.42. The van der Waals surface area contributed by atoms with Gasteiger partial charge in [-0.2, -0.15) is 5.10 Å². The summed E-state index contributed by atoms with van der Waals surface area (Å²) in [6.07, 6.45) is 1.84. The quantitative estimate of drug-likeness (QED) is 0.672. The first kappa shape index (κ1) is 15.8. The maximum atomic E-state index is 11.5. The second-order valence-corrected chi connectivity index (χ2v) is 5.68. The third kappa shape index (κ3) is 3.46. The Morgan fingerprint density at radius 1 is 1.22 bits per heavy atom. The summed E-state index contributed by atoms with van der Waals surface area (Å²) >= 11 is 12.0. The zero-order valence-electron chi connectivity index (χ0n) is 12.3. The molecule has 0 aliphatic heterocycles. The fourth-order valence-corrected chi connectivity index (χ4v) is 2.48. The van der Waals surface area contributed by atoms with Crippen molar-refractivity contribution in [3.63, 3.8) is 0 Å². The molecule has 0 saturated carbocycles. The Bertz CT molecular complexity index is 877. The Hall–Kier alpha value is -2.11. The van der Waals surface area contributed by atoms with Crippen molar-refractivity contribution in [2.45, 2.75) is 13.3 Å². The Morgan fingerprint density at radius 3 is 2.78 bits per heavy atom. The van der Waals surface area contributed by atoms with Crippen molar-refractivity contribution < 1.29 is 9.53 Å². The minimum atomic E-state index is -0.305. The lowest BCUT2D eigenvalue weighted by Crippen LogP contribution is -2.07. The molecular weight excluding hydrogens is 337 g/mol. The van der Waals surface area contributed by atoms with Gasteiger partial charge in [-0.1, -0.05) is 29.3 Å². The van der Waals surface area contributed by atoms with E-state index in [1.807, 2.05) is 18.2 Å². The van der Waals surface area contributed by atoms with Crippen molar-refractivity contribution in [2.75, 3.05) is 6.61 Å². The molecule has 0 fully saturated rings. The standard InChI is InChI=1S/C16H13Cl2N3O2/c1-2-23-16(22)8-11-9-21-15(19-11)6-5-14(20-21)10-3-4-12(17)13(18)7-10/h3-7,9H,2,8H2,1H3. The average molecular weight is 350 g/mol. The molecule has 0 aliphatic rings. The third-order valence-electron chi connectivity index (χ3n) is 3.22. The van der Waals surface area contributed by atoms with Gasteiger partial charge in [-0.3, -0.25) is 4.79 Å². The van der Waals surface area contributed by atoms with E-state index in [0.717, 1.165) is 11.3 Å². The van der Waals surface area contributed by atoms with Crippen LogP contribution in [0.1, 0.15) is 12.6 Å². The van der Waals surface area contributed by atoms with Crippen LogP contribution in [-0.4, -0.2) is 27.2 Å².